The first-order valence-electron chi connectivity index (χ1n) is 6.32. The highest BCUT2D eigenvalue weighted by Crippen LogP contribution is 2.20. The molecular weight excluding hydrogens is 282 g/mol. The van der Waals surface area contributed by atoms with Crippen molar-refractivity contribution in [1.82, 2.24) is 4.31 Å². The molecule has 7 nitrogen and oxygen atoms in total. The molecule has 0 aromatic heterocycles. The van der Waals surface area contributed by atoms with Crippen molar-refractivity contribution >= 4 is 21.4 Å². The molecule has 1 aliphatic heterocycles. The molecule has 0 spiro atoms. The Kier molecular flexibility index (Phi) is 4.24. The van der Waals surface area contributed by atoms with Gasteiger partial charge in [-0.2, -0.15) is 0 Å². The molecule has 0 saturated carbocycles. The number of non-ortho nitro benzene ring substituents is 1. The maximum Gasteiger partial charge on any atom is 0.269 e. The average Bonchev–Trinajstić information content (AvgIpc) is 2.38. The molecular formula is C12H17N3O4S. The lowest BCUT2D eigenvalue weighted by Crippen LogP contribution is -2.44. The van der Waals surface area contributed by atoms with E-state index in [4.69, 9.17) is 0 Å². The summed E-state index contributed by atoms with van der Waals surface area (Å²) in [5, 5.41) is 13.8. The topological polar surface area (TPSA) is 92.6 Å². The number of piperidine rings is 1. The second-order valence-electron chi connectivity index (χ2n) is 4.91. The largest absolute Gasteiger partial charge is 0.381 e. The van der Waals surface area contributed by atoms with Crippen LogP contribution in [-0.4, -0.2) is 43.0 Å². The van der Waals surface area contributed by atoms with Crippen molar-refractivity contribution in [2.75, 3.05) is 24.7 Å². The van der Waals surface area contributed by atoms with Gasteiger partial charge in [-0.3, -0.25) is 10.1 Å². The van der Waals surface area contributed by atoms with E-state index in [1.54, 1.807) is 12.1 Å². The molecule has 1 aliphatic rings. The fourth-order valence-corrected chi connectivity index (χ4v) is 3.19. The van der Waals surface area contributed by atoms with Crippen LogP contribution in [0.2, 0.25) is 0 Å². The van der Waals surface area contributed by atoms with Crippen molar-refractivity contribution in [1.29, 1.82) is 0 Å². The van der Waals surface area contributed by atoms with Crippen LogP contribution in [0.1, 0.15) is 12.8 Å². The standard InChI is InChI=1S/C12H17N3O4S/c1-20(18,19)14-8-2-3-11(9-14)13-10-4-6-12(7-5-10)15(16)17/h4-7,11,13H,2-3,8-9H2,1H3. The van der Waals surface area contributed by atoms with Crippen LogP contribution in [0, 0.1) is 10.1 Å². The van der Waals surface area contributed by atoms with E-state index in [2.05, 4.69) is 5.32 Å². The number of nitro groups is 1. The summed E-state index contributed by atoms with van der Waals surface area (Å²) in [6.07, 6.45) is 2.89. The van der Waals surface area contributed by atoms with Crippen LogP contribution in [0.3, 0.4) is 0 Å². The van der Waals surface area contributed by atoms with E-state index in [1.165, 1.54) is 22.7 Å². The fraction of sp³-hybridized carbons (Fsp3) is 0.500. The van der Waals surface area contributed by atoms with Crippen LogP contribution < -0.4 is 5.32 Å². The van der Waals surface area contributed by atoms with Crippen molar-refractivity contribution in [3.05, 3.63) is 34.4 Å². The highest BCUT2D eigenvalue weighted by Gasteiger charge is 2.25. The van der Waals surface area contributed by atoms with E-state index in [0.717, 1.165) is 18.5 Å². The first-order valence-corrected chi connectivity index (χ1v) is 8.17. The zero-order valence-electron chi connectivity index (χ0n) is 11.2. The Labute approximate surface area is 117 Å². The first kappa shape index (κ1) is 14.7. The molecule has 1 unspecified atom stereocenters. The molecule has 0 radical (unpaired) electrons. The molecule has 0 aliphatic carbocycles. The van der Waals surface area contributed by atoms with Gasteiger partial charge < -0.3 is 5.32 Å². The quantitative estimate of drug-likeness (QED) is 0.670. The molecule has 110 valence electrons. The number of nitro benzene ring substituents is 1. The van der Waals surface area contributed by atoms with Crippen LogP contribution in [0.15, 0.2) is 24.3 Å². The molecule has 20 heavy (non-hydrogen) atoms. The average molecular weight is 299 g/mol. The summed E-state index contributed by atoms with van der Waals surface area (Å²) in [7, 11) is -3.17. The number of benzene rings is 1. The van der Waals surface area contributed by atoms with Gasteiger partial charge in [-0.1, -0.05) is 0 Å². The third kappa shape index (κ3) is 3.67. The third-order valence-electron chi connectivity index (χ3n) is 3.30. The Morgan fingerprint density at radius 2 is 2.00 bits per heavy atom. The van der Waals surface area contributed by atoms with Crippen LogP contribution in [0.4, 0.5) is 11.4 Å². The summed E-state index contributed by atoms with van der Waals surface area (Å²) >= 11 is 0. The number of hydrogen-bond acceptors (Lipinski definition) is 5. The van der Waals surface area contributed by atoms with Crippen molar-refractivity contribution < 1.29 is 13.3 Å². The van der Waals surface area contributed by atoms with Gasteiger partial charge in [0.25, 0.3) is 5.69 Å². The molecule has 1 saturated heterocycles. The van der Waals surface area contributed by atoms with Gasteiger partial charge in [0.15, 0.2) is 0 Å². The predicted octanol–water partition coefficient (Wildman–Crippen LogP) is 1.43. The van der Waals surface area contributed by atoms with Crippen molar-refractivity contribution in [3.8, 4) is 0 Å². The number of hydrogen-bond donors (Lipinski definition) is 1. The number of sulfonamides is 1. The molecule has 1 heterocycles. The molecule has 0 amide bonds. The van der Waals surface area contributed by atoms with Gasteiger partial charge in [0.05, 0.1) is 11.2 Å². The number of nitrogens with one attached hydrogen (secondary N) is 1. The second kappa shape index (κ2) is 5.76. The molecule has 0 bridgehead atoms. The minimum absolute atomic E-state index is 0.0277. The number of anilines is 1. The lowest BCUT2D eigenvalue weighted by atomic mass is 10.1. The maximum absolute atomic E-state index is 11.5. The van der Waals surface area contributed by atoms with Gasteiger partial charge in [0.1, 0.15) is 0 Å². The molecule has 8 heteroatoms. The molecule has 1 fully saturated rings. The van der Waals surface area contributed by atoms with E-state index in [-0.39, 0.29) is 11.7 Å². The van der Waals surface area contributed by atoms with Gasteiger partial charge in [-0.25, -0.2) is 12.7 Å². The van der Waals surface area contributed by atoms with Crippen molar-refractivity contribution in [3.63, 3.8) is 0 Å². The van der Waals surface area contributed by atoms with Gasteiger partial charge in [-0.15, -0.1) is 0 Å². The lowest BCUT2D eigenvalue weighted by molar-refractivity contribution is -0.384. The van der Waals surface area contributed by atoms with Crippen LogP contribution in [0.25, 0.3) is 0 Å². The van der Waals surface area contributed by atoms with E-state index in [0.29, 0.717) is 13.1 Å². The van der Waals surface area contributed by atoms with Gasteiger partial charge in [0, 0.05) is 37.0 Å². The highest BCUT2D eigenvalue weighted by atomic mass is 32.2. The minimum atomic E-state index is -3.17. The minimum Gasteiger partial charge on any atom is -0.381 e. The molecule has 1 atom stereocenters. The smallest absolute Gasteiger partial charge is 0.269 e. The lowest BCUT2D eigenvalue weighted by Gasteiger charge is -2.31. The van der Waals surface area contributed by atoms with Crippen molar-refractivity contribution in [2.24, 2.45) is 0 Å². The Bertz CT molecular complexity index is 585. The van der Waals surface area contributed by atoms with E-state index >= 15 is 0 Å². The van der Waals surface area contributed by atoms with Crippen LogP contribution in [-0.2, 0) is 10.0 Å². The molecule has 2 rings (SSSR count). The Balaban J connectivity index is 2.01. The summed E-state index contributed by atoms with van der Waals surface area (Å²) in [5.41, 5.74) is 0.799. The number of nitrogens with zero attached hydrogens (tertiary/aromatic N) is 2. The highest BCUT2D eigenvalue weighted by molar-refractivity contribution is 7.88. The monoisotopic (exact) mass is 299 g/mol. The summed E-state index contributed by atoms with van der Waals surface area (Å²) in [6.45, 7) is 0.979. The summed E-state index contributed by atoms with van der Waals surface area (Å²) in [6, 6.07) is 6.16. The van der Waals surface area contributed by atoms with E-state index in [1.807, 2.05) is 0 Å². The Morgan fingerprint density at radius 1 is 1.35 bits per heavy atom. The third-order valence-corrected chi connectivity index (χ3v) is 4.57. The van der Waals surface area contributed by atoms with E-state index < -0.39 is 14.9 Å². The zero-order valence-corrected chi connectivity index (χ0v) is 12.0. The van der Waals surface area contributed by atoms with Gasteiger partial charge in [0.2, 0.25) is 10.0 Å². The predicted molar refractivity (Wildman–Crippen MR) is 76.2 cm³/mol. The first-order chi connectivity index (χ1) is 9.36. The molecule has 1 aromatic carbocycles. The van der Waals surface area contributed by atoms with Gasteiger partial charge >= 0.3 is 0 Å². The normalized spacial score (nSPS) is 20.6. The Hall–Kier alpha value is -1.67. The fourth-order valence-electron chi connectivity index (χ4n) is 2.28. The van der Waals surface area contributed by atoms with Crippen LogP contribution >= 0.6 is 0 Å². The summed E-state index contributed by atoms with van der Waals surface area (Å²) < 4.78 is 24.5. The van der Waals surface area contributed by atoms with Crippen molar-refractivity contribution in [2.45, 2.75) is 18.9 Å². The van der Waals surface area contributed by atoms with Gasteiger partial charge in [-0.05, 0) is 25.0 Å². The van der Waals surface area contributed by atoms with Crippen LogP contribution in [0.5, 0.6) is 0 Å². The summed E-state index contributed by atoms with van der Waals surface area (Å²) in [4.78, 5) is 10.1. The SMILES string of the molecule is CS(=O)(=O)N1CCCC(Nc2ccc([N+](=O)[O-])cc2)C1. The molecule has 1 N–H and O–H groups in total. The summed E-state index contributed by atoms with van der Waals surface area (Å²) in [5.74, 6) is 0. The number of rotatable bonds is 4. The zero-order chi connectivity index (χ0) is 14.8. The van der Waals surface area contributed by atoms with E-state index in [9.17, 15) is 18.5 Å². The maximum atomic E-state index is 11.5. The molecule has 1 aromatic rings. The second-order valence-corrected chi connectivity index (χ2v) is 6.89. The Morgan fingerprint density at radius 3 is 2.55 bits per heavy atom.